The van der Waals surface area contributed by atoms with Gasteiger partial charge in [0.15, 0.2) is 5.96 Å². The van der Waals surface area contributed by atoms with Gasteiger partial charge >= 0.3 is 0 Å². The van der Waals surface area contributed by atoms with E-state index in [4.69, 9.17) is 9.15 Å². The maximum absolute atomic E-state index is 12.7. The summed E-state index contributed by atoms with van der Waals surface area (Å²) >= 11 is 0. The van der Waals surface area contributed by atoms with Crippen LogP contribution in [0.25, 0.3) is 0 Å². The second-order valence-corrected chi connectivity index (χ2v) is 7.74. The molecule has 1 aromatic heterocycles. The number of hydrogen-bond donors (Lipinski definition) is 2. The predicted octanol–water partition coefficient (Wildman–Crippen LogP) is 1.16. The summed E-state index contributed by atoms with van der Waals surface area (Å²) in [7, 11) is 1.70. The zero-order valence-corrected chi connectivity index (χ0v) is 16.7. The molecule has 2 N–H and O–H groups in total. The van der Waals surface area contributed by atoms with Gasteiger partial charge in [0.2, 0.25) is 11.8 Å². The molecule has 1 aliphatic heterocycles. The van der Waals surface area contributed by atoms with Gasteiger partial charge in [-0.1, -0.05) is 12.2 Å². The molecule has 8 nitrogen and oxygen atoms in total. The van der Waals surface area contributed by atoms with Gasteiger partial charge in [0.25, 0.3) is 0 Å². The summed E-state index contributed by atoms with van der Waals surface area (Å²) in [4.78, 5) is 30.9. The second kappa shape index (κ2) is 8.82. The van der Waals surface area contributed by atoms with E-state index in [0.717, 1.165) is 18.6 Å². The Morgan fingerprint density at radius 3 is 2.59 bits per heavy atom. The Hall–Kier alpha value is -2.61. The van der Waals surface area contributed by atoms with E-state index in [1.165, 1.54) is 4.90 Å². The van der Waals surface area contributed by atoms with E-state index in [-0.39, 0.29) is 35.5 Å². The molecule has 0 spiro atoms. The number of nitrogens with zero attached hydrogens (tertiary/aromatic N) is 2. The number of nitrogens with one attached hydrogen (secondary N) is 2. The van der Waals surface area contributed by atoms with Crippen molar-refractivity contribution in [3.05, 3.63) is 36.3 Å². The number of amides is 2. The van der Waals surface area contributed by atoms with E-state index in [2.05, 4.69) is 27.8 Å². The number of carbonyl (C=O) groups is 2. The van der Waals surface area contributed by atoms with Gasteiger partial charge in [0.05, 0.1) is 18.1 Å². The van der Waals surface area contributed by atoms with Crippen molar-refractivity contribution in [2.45, 2.75) is 19.4 Å². The molecule has 4 unspecified atom stereocenters. The number of imide groups is 1. The van der Waals surface area contributed by atoms with Crippen molar-refractivity contribution in [1.29, 1.82) is 0 Å². The third-order valence-electron chi connectivity index (χ3n) is 6.00. The predicted molar refractivity (Wildman–Crippen MR) is 107 cm³/mol. The van der Waals surface area contributed by atoms with Crippen LogP contribution in [-0.2, 0) is 20.9 Å². The molecular weight excluding hydrogens is 372 g/mol. The van der Waals surface area contributed by atoms with Crippen molar-refractivity contribution in [3.8, 4) is 0 Å². The van der Waals surface area contributed by atoms with Crippen LogP contribution in [0.2, 0.25) is 0 Å². The molecule has 3 aliphatic rings. The number of fused-ring (bicyclic) bond motifs is 5. The minimum Gasteiger partial charge on any atom is -0.467 e. The Labute approximate surface area is 170 Å². The molecule has 2 aliphatic carbocycles. The molecule has 1 aromatic rings. The van der Waals surface area contributed by atoms with Crippen LogP contribution in [0.4, 0.5) is 0 Å². The fourth-order valence-corrected chi connectivity index (χ4v) is 4.64. The van der Waals surface area contributed by atoms with Gasteiger partial charge in [-0.3, -0.25) is 19.5 Å². The fraction of sp³-hybridized carbons (Fsp3) is 0.571. The lowest BCUT2D eigenvalue weighted by Crippen LogP contribution is -2.44. The molecule has 2 heterocycles. The van der Waals surface area contributed by atoms with Gasteiger partial charge in [-0.05, 0) is 36.8 Å². The molecule has 156 valence electrons. The summed E-state index contributed by atoms with van der Waals surface area (Å²) < 4.78 is 10.8. The highest BCUT2D eigenvalue weighted by atomic mass is 16.5. The Morgan fingerprint density at radius 2 is 1.93 bits per heavy atom. The van der Waals surface area contributed by atoms with Gasteiger partial charge in [-0.15, -0.1) is 0 Å². The van der Waals surface area contributed by atoms with Gasteiger partial charge in [-0.2, -0.15) is 0 Å². The zero-order chi connectivity index (χ0) is 20.2. The summed E-state index contributed by atoms with van der Waals surface area (Å²) in [6.45, 7) is 2.64. The summed E-state index contributed by atoms with van der Waals surface area (Å²) in [5.41, 5.74) is 0. The van der Waals surface area contributed by atoms with Crippen LogP contribution >= 0.6 is 0 Å². The molecule has 2 amide bonds. The van der Waals surface area contributed by atoms with E-state index in [9.17, 15) is 9.59 Å². The van der Waals surface area contributed by atoms with E-state index in [0.29, 0.717) is 38.8 Å². The van der Waals surface area contributed by atoms with E-state index in [1.54, 1.807) is 13.3 Å². The molecule has 0 aromatic carbocycles. The molecular formula is C21H28N4O4. The third-order valence-corrected chi connectivity index (χ3v) is 6.00. The van der Waals surface area contributed by atoms with Crippen molar-refractivity contribution < 1.29 is 18.7 Å². The number of guanidine groups is 1. The smallest absolute Gasteiger partial charge is 0.233 e. The first-order valence-electron chi connectivity index (χ1n) is 10.3. The molecule has 4 atom stereocenters. The summed E-state index contributed by atoms with van der Waals surface area (Å²) in [6, 6.07) is 3.72. The van der Waals surface area contributed by atoms with Crippen LogP contribution in [0.3, 0.4) is 0 Å². The Kier molecular flexibility index (Phi) is 5.99. The number of hydrogen-bond acceptors (Lipinski definition) is 5. The molecule has 0 radical (unpaired) electrons. The zero-order valence-electron chi connectivity index (χ0n) is 16.7. The minimum atomic E-state index is -0.129. The average Bonchev–Trinajstić information content (AvgIpc) is 3.50. The highest BCUT2D eigenvalue weighted by Crippen LogP contribution is 2.52. The average molecular weight is 400 g/mol. The summed E-state index contributed by atoms with van der Waals surface area (Å²) in [5, 5.41) is 6.39. The topological polar surface area (TPSA) is 96.2 Å². The van der Waals surface area contributed by atoms with Crippen LogP contribution < -0.4 is 10.6 Å². The standard InChI is InChI=1S/C21H28N4O4/c1-22-21(23-7-3-10-28-13-16-4-2-11-29-16)24-8-9-25-19(26)17-14-5-6-15(12-14)18(17)20(25)27/h2,4-6,11,14-15,17-18H,3,7-10,12-13H2,1H3,(H2,22,23,24). The first-order valence-corrected chi connectivity index (χ1v) is 10.3. The summed E-state index contributed by atoms with van der Waals surface area (Å²) in [6.07, 6.45) is 7.64. The lowest BCUT2D eigenvalue weighted by molar-refractivity contribution is -0.140. The van der Waals surface area contributed by atoms with Crippen LogP contribution in [-0.4, -0.2) is 56.0 Å². The molecule has 1 saturated carbocycles. The first kappa shape index (κ1) is 19.7. The number of likely N-dealkylation sites (tertiary alicyclic amines) is 1. The lowest BCUT2D eigenvalue weighted by Gasteiger charge is -2.18. The molecule has 2 bridgehead atoms. The molecule has 8 heteroatoms. The van der Waals surface area contributed by atoms with Crippen molar-refractivity contribution >= 4 is 17.8 Å². The van der Waals surface area contributed by atoms with Crippen LogP contribution in [0.15, 0.2) is 40.0 Å². The highest BCUT2D eigenvalue weighted by Gasteiger charge is 2.58. The van der Waals surface area contributed by atoms with Crippen molar-refractivity contribution in [2.75, 3.05) is 33.3 Å². The molecule has 29 heavy (non-hydrogen) atoms. The van der Waals surface area contributed by atoms with E-state index in [1.807, 2.05) is 12.1 Å². The first-order chi connectivity index (χ1) is 14.2. The quantitative estimate of drug-likeness (QED) is 0.212. The van der Waals surface area contributed by atoms with Gasteiger partial charge in [0.1, 0.15) is 12.4 Å². The minimum absolute atomic E-state index is 0.00435. The highest BCUT2D eigenvalue weighted by molar-refractivity contribution is 6.06. The van der Waals surface area contributed by atoms with Crippen LogP contribution in [0, 0.1) is 23.7 Å². The number of rotatable bonds is 9. The van der Waals surface area contributed by atoms with E-state index >= 15 is 0 Å². The number of allylic oxidation sites excluding steroid dienone is 2. The Bertz CT molecular complexity index is 759. The second-order valence-electron chi connectivity index (χ2n) is 7.74. The van der Waals surface area contributed by atoms with Crippen LogP contribution in [0.1, 0.15) is 18.6 Å². The normalized spacial score (nSPS) is 27.8. The van der Waals surface area contributed by atoms with Gasteiger partial charge < -0.3 is 19.8 Å². The summed E-state index contributed by atoms with van der Waals surface area (Å²) in [5.74, 6) is 1.71. The van der Waals surface area contributed by atoms with Gasteiger partial charge in [-0.25, -0.2) is 0 Å². The van der Waals surface area contributed by atoms with Crippen molar-refractivity contribution in [2.24, 2.45) is 28.7 Å². The Balaban J connectivity index is 1.13. The number of aliphatic imine (C=N–C) groups is 1. The molecule has 4 rings (SSSR count). The maximum Gasteiger partial charge on any atom is 0.233 e. The van der Waals surface area contributed by atoms with E-state index < -0.39 is 0 Å². The van der Waals surface area contributed by atoms with Crippen LogP contribution in [0.5, 0.6) is 0 Å². The largest absolute Gasteiger partial charge is 0.467 e. The fourth-order valence-electron chi connectivity index (χ4n) is 4.64. The lowest BCUT2D eigenvalue weighted by atomic mass is 9.85. The van der Waals surface area contributed by atoms with Gasteiger partial charge in [0, 0.05) is 33.3 Å². The maximum atomic E-state index is 12.7. The Morgan fingerprint density at radius 1 is 1.21 bits per heavy atom. The SMILES string of the molecule is CN=C(NCCCOCc1ccco1)NCCN1C(=O)C2C3C=CC(C3)C2C1=O. The van der Waals surface area contributed by atoms with Crippen molar-refractivity contribution in [3.63, 3.8) is 0 Å². The number of furan rings is 1. The number of carbonyl (C=O) groups excluding carboxylic acids is 2. The van der Waals surface area contributed by atoms with Crippen molar-refractivity contribution in [1.82, 2.24) is 15.5 Å². The third kappa shape index (κ3) is 4.07. The number of ether oxygens (including phenoxy) is 1. The molecule has 1 saturated heterocycles. The molecule has 2 fully saturated rings. The monoisotopic (exact) mass is 400 g/mol.